The molecule has 0 aromatic heterocycles. The zero-order valence-electron chi connectivity index (χ0n) is 11.0. The smallest absolute Gasteiger partial charge is 0.126 e. The molecule has 0 aliphatic heterocycles. The van der Waals surface area contributed by atoms with Crippen LogP contribution in [0.3, 0.4) is 0 Å². The second kappa shape index (κ2) is 5.90. The molecule has 0 bridgehead atoms. The summed E-state index contributed by atoms with van der Waals surface area (Å²) in [5.74, 6) is -0.774. The van der Waals surface area contributed by atoms with Crippen LogP contribution in [0.2, 0.25) is 5.02 Å². The van der Waals surface area contributed by atoms with Crippen molar-refractivity contribution < 1.29 is 13.9 Å². The summed E-state index contributed by atoms with van der Waals surface area (Å²) in [7, 11) is 0. The number of aliphatic hydroxyl groups is 1. The maximum Gasteiger partial charge on any atom is 0.126 e. The van der Waals surface area contributed by atoms with Crippen molar-refractivity contribution in [2.24, 2.45) is 0 Å². The fraction of sp³-hybridized carbons (Fsp3) is 0.250. The van der Waals surface area contributed by atoms with E-state index in [2.05, 4.69) is 0 Å². The molecule has 0 aliphatic rings. The monoisotopic (exact) mass is 296 g/mol. The molecule has 0 spiro atoms. The molecule has 106 valence electrons. The van der Waals surface area contributed by atoms with Crippen molar-refractivity contribution >= 4 is 11.6 Å². The lowest BCUT2D eigenvalue weighted by atomic mass is 9.89. The number of halogens is 3. The molecule has 20 heavy (non-hydrogen) atoms. The second-order valence-electron chi connectivity index (χ2n) is 5.18. The average Bonchev–Trinajstić information content (AvgIpc) is 2.36. The highest BCUT2D eigenvalue weighted by atomic mass is 35.5. The van der Waals surface area contributed by atoms with E-state index in [1.807, 2.05) is 0 Å². The van der Waals surface area contributed by atoms with Gasteiger partial charge in [0.05, 0.1) is 5.60 Å². The summed E-state index contributed by atoms with van der Waals surface area (Å²) in [5.41, 5.74) is -0.280. The summed E-state index contributed by atoms with van der Waals surface area (Å²) in [6.45, 7) is 1.58. The summed E-state index contributed by atoms with van der Waals surface area (Å²) in [6, 6.07) is 10.3. The van der Waals surface area contributed by atoms with Crippen molar-refractivity contribution in [1.29, 1.82) is 0 Å². The Kier molecular flexibility index (Phi) is 4.41. The molecule has 0 fully saturated rings. The first-order valence-corrected chi connectivity index (χ1v) is 6.65. The van der Waals surface area contributed by atoms with Crippen LogP contribution in [0.4, 0.5) is 8.78 Å². The Labute approximate surface area is 121 Å². The van der Waals surface area contributed by atoms with Gasteiger partial charge in [-0.05, 0) is 42.3 Å². The van der Waals surface area contributed by atoms with E-state index in [1.54, 1.807) is 25.1 Å². The van der Waals surface area contributed by atoms with Crippen LogP contribution in [-0.2, 0) is 12.8 Å². The molecule has 0 aliphatic carbocycles. The highest BCUT2D eigenvalue weighted by molar-refractivity contribution is 6.31. The highest BCUT2D eigenvalue weighted by Gasteiger charge is 2.24. The Hall–Kier alpha value is -1.45. The van der Waals surface area contributed by atoms with E-state index >= 15 is 0 Å². The quantitative estimate of drug-likeness (QED) is 0.898. The molecule has 2 aromatic rings. The van der Waals surface area contributed by atoms with Crippen molar-refractivity contribution in [2.75, 3.05) is 0 Å². The van der Waals surface area contributed by atoms with Gasteiger partial charge in [0.15, 0.2) is 0 Å². The molecule has 0 radical (unpaired) electrons. The highest BCUT2D eigenvalue weighted by Crippen LogP contribution is 2.25. The van der Waals surface area contributed by atoms with Gasteiger partial charge in [0.2, 0.25) is 0 Å². The van der Waals surface area contributed by atoms with Gasteiger partial charge >= 0.3 is 0 Å². The van der Waals surface area contributed by atoms with Crippen LogP contribution in [0.15, 0.2) is 42.5 Å². The molecule has 0 amide bonds. The summed E-state index contributed by atoms with van der Waals surface area (Å²) in [4.78, 5) is 0. The van der Waals surface area contributed by atoms with Crippen LogP contribution in [0.1, 0.15) is 18.1 Å². The van der Waals surface area contributed by atoms with E-state index in [0.29, 0.717) is 16.1 Å². The minimum Gasteiger partial charge on any atom is -0.389 e. The largest absolute Gasteiger partial charge is 0.389 e. The summed E-state index contributed by atoms with van der Waals surface area (Å²) in [5, 5.41) is 10.8. The number of hydrogen-bond donors (Lipinski definition) is 1. The fourth-order valence-corrected chi connectivity index (χ4v) is 2.39. The normalized spacial score (nSPS) is 14.1. The van der Waals surface area contributed by atoms with Crippen molar-refractivity contribution in [3.63, 3.8) is 0 Å². The SMILES string of the molecule is CC(O)(Cc1ccccc1F)Cc1cc(F)ccc1Cl. The first kappa shape index (κ1) is 14.9. The molecule has 0 saturated heterocycles. The van der Waals surface area contributed by atoms with Crippen LogP contribution < -0.4 is 0 Å². The zero-order chi connectivity index (χ0) is 14.8. The molecule has 2 rings (SSSR count). The van der Waals surface area contributed by atoms with Crippen LogP contribution in [0.5, 0.6) is 0 Å². The van der Waals surface area contributed by atoms with Gasteiger partial charge < -0.3 is 5.11 Å². The lowest BCUT2D eigenvalue weighted by Gasteiger charge is -2.24. The lowest BCUT2D eigenvalue weighted by Crippen LogP contribution is -2.30. The third kappa shape index (κ3) is 3.78. The standard InChI is InChI=1S/C16H15ClF2O/c1-16(20,9-11-4-2-3-5-15(11)19)10-12-8-13(18)6-7-14(12)17/h2-8,20H,9-10H2,1H3. The van der Waals surface area contributed by atoms with E-state index < -0.39 is 11.4 Å². The van der Waals surface area contributed by atoms with Crippen molar-refractivity contribution in [3.8, 4) is 0 Å². The van der Waals surface area contributed by atoms with E-state index in [0.717, 1.165) is 0 Å². The van der Waals surface area contributed by atoms with Gasteiger partial charge in [-0.15, -0.1) is 0 Å². The predicted octanol–water partition coefficient (Wildman–Crippen LogP) is 4.15. The zero-order valence-corrected chi connectivity index (χ0v) is 11.8. The van der Waals surface area contributed by atoms with Crippen LogP contribution in [0.25, 0.3) is 0 Å². The third-order valence-electron chi connectivity index (χ3n) is 3.11. The van der Waals surface area contributed by atoms with Crippen LogP contribution in [-0.4, -0.2) is 10.7 Å². The molecular weight excluding hydrogens is 282 g/mol. The van der Waals surface area contributed by atoms with E-state index in [4.69, 9.17) is 11.6 Å². The van der Waals surface area contributed by atoms with Crippen molar-refractivity contribution in [1.82, 2.24) is 0 Å². The number of rotatable bonds is 4. The minimum absolute atomic E-state index is 0.131. The molecule has 1 atom stereocenters. The molecule has 0 heterocycles. The first-order valence-electron chi connectivity index (χ1n) is 6.27. The van der Waals surface area contributed by atoms with E-state index in [1.165, 1.54) is 24.3 Å². The van der Waals surface area contributed by atoms with Gasteiger partial charge in [0, 0.05) is 17.9 Å². The average molecular weight is 297 g/mol. The Morgan fingerprint density at radius 2 is 1.70 bits per heavy atom. The van der Waals surface area contributed by atoms with E-state index in [-0.39, 0.29) is 18.7 Å². The molecular formula is C16H15ClF2O. The number of hydrogen-bond acceptors (Lipinski definition) is 1. The van der Waals surface area contributed by atoms with Gasteiger partial charge in [0.25, 0.3) is 0 Å². The number of benzene rings is 2. The molecule has 4 heteroatoms. The Balaban J connectivity index is 2.19. The molecule has 1 N–H and O–H groups in total. The Bertz CT molecular complexity index is 611. The van der Waals surface area contributed by atoms with E-state index in [9.17, 15) is 13.9 Å². The first-order chi connectivity index (χ1) is 9.37. The topological polar surface area (TPSA) is 20.2 Å². The molecule has 0 saturated carbocycles. The molecule has 1 unspecified atom stereocenters. The molecule has 1 nitrogen and oxygen atoms in total. The lowest BCUT2D eigenvalue weighted by molar-refractivity contribution is 0.0599. The summed E-state index contributed by atoms with van der Waals surface area (Å²) in [6.07, 6.45) is 0.282. The minimum atomic E-state index is -1.21. The fourth-order valence-electron chi connectivity index (χ4n) is 2.20. The summed E-state index contributed by atoms with van der Waals surface area (Å²) < 4.78 is 26.8. The van der Waals surface area contributed by atoms with Gasteiger partial charge in [0.1, 0.15) is 11.6 Å². The van der Waals surface area contributed by atoms with Crippen LogP contribution >= 0.6 is 11.6 Å². The third-order valence-corrected chi connectivity index (χ3v) is 3.48. The second-order valence-corrected chi connectivity index (χ2v) is 5.58. The van der Waals surface area contributed by atoms with Gasteiger partial charge in [-0.3, -0.25) is 0 Å². The maximum atomic E-state index is 13.6. The predicted molar refractivity (Wildman–Crippen MR) is 75.8 cm³/mol. The molecule has 2 aromatic carbocycles. The van der Waals surface area contributed by atoms with Gasteiger partial charge in [-0.2, -0.15) is 0 Å². The van der Waals surface area contributed by atoms with Crippen LogP contribution in [0, 0.1) is 11.6 Å². The van der Waals surface area contributed by atoms with Gasteiger partial charge in [-0.25, -0.2) is 8.78 Å². The maximum absolute atomic E-state index is 13.6. The summed E-state index contributed by atoms with van der Waals surface area (Å²) >= 11 is 5.98. The Morgan fingerprint density at radius 1 is 1.05 bits per heavy atom. The van der Waals surface area contributed by atoms with Crippen molar-refractivity contribution in [3.05, 3.63) is 70.2 Å². The van der Waals surface area contributed by atoms with Crippen molar-refractivity contribution in [2.45, 2.75) is 25.4 Å². The van der Waals surface area contributed by atoms with Gasteiger partial charge in [-0.1, -0.05) is 29.8 Å². The Morgan fingerprint density at radius 3 is 2.40 bits per heavy atom.